The Morgan fingerprint density at radius 1 is 1.10 bits per heavy atom. The van der Waals surface area contributed by atoms with Crippen molar-refractivity contribution >= 4 is 12.0 Å². The molecule has 1 unspecified atom stereocenters. The molecule has 2 amide bonds. The first-order valence-corrected chi connectivity index (χ1v) is 8.11. The second kappa shape index (κ2) is 10.5. The van der Waals surface area contributed by atoms with Gasteiger partial charge >= 0.3 is 12.0 Å². The van der Waals surface area contributed by atoms with Gasteiger partial charge in [-0.1, -0.05) is 41.0 Å². The lowest BCUT2D eigenvalue weighted by molar-refractivity contribution is -0.138. The van der Waals surface area contributed by atoms with Gasteiger partial charge in [-0.05, 0) is 24.7 Å². The van der Waals surface area contributed by atoms with Gasteiger partial charge in [0.15, 0.2) is 0 Å². The van der Waals surface area contributed by atoms with Crippen molar-refractivity contribution in [2.24, 2.45) is 11.8 Å². The lowest BCUT2D eigenvalue weighted by Gasteiger charge is -2.32. The molecule has 5 heteroatoms. The van der Waals surface area contributed by atoms with E-state index in [1.54, 1.807) is 0 Å². The molecule has 0 aliphatic heterocycles. The van der Waals surface area contributed by atoms with Crippen molar-refractivity contribution in [2.45, 2.75) is 66.3 Å². The molecule has 0 aliphatic rings. The van der Waals surface area contributed by atoms with Gasteiger partial charge in [0.1, 0.15) is 0 Å². The Bertz CT molecular complexity index is 315. The summed E-state index contributed by atoms with van der Waals surface area (Å²) in [6.07, 6.45) is 2.72. The van der Waals surface area contributed by atoms with Crippen LogP contribution in [0.3, 0.4) is 0 Å². The molecule has 0 rings (SSSR count). The van der Waals surface area contributed by atoms with Crippen LogP contribution in [-0.2, 0) is 4.79 Å². The normalized spacial score (nSPS) is 12.5. The van der Waals surface area contributed by atoms with Crippen molar-refractivity contribution in [2.75, 3.05) is 13.1 Å². The molecule has 0 bridgehead atoms. The average Bonchev–Trinajstić information content (AvgIpc) is 2.42. The quantitative estimate of drug-likeness (QED) is 0.650. The van der Waals surface area contributed by atoms with E-state index in [-0.39, 0.29) is 24.4 Å². The molecular formula is C16H32N2O3. The minimum atomic E-state index is -0.810. The Labute approximate surface area is 129 Å². The fourth-order valence-corrected chi connectivity index (χ4v) is 2.46. The van der Waals surface area contributed by atoms with Crippen LogP contribution in [0.25, 0.3) is 0 Å². The molecule has 21 heavy (non-hydrogen) atoms. The number of nitrogens with zero attached hydrogens (tertiary/aromatic N) is 1. The molecule has 0 saturated heterocycles. The second-order valence-electron chi connectivity index (χ2n) is 6.07. The smallest absolute Gasteiger partial charge is 0.317 e. The van der Waals surface area contributed by atoms with E-state index in [0.717, 1.165) is 25.8 Å². The van der Waals surface area contributed by atoms with Gasteiger partial charge in [0.05, 0.1) is 0 Å². The molecule has 0 fully saturated rings. The van der Waals surface area contributed by atoms with Crippen LogP contribution < -0.4 is 5.32 Å². The first-order chi connectivity index (χ1) is 9.85. The number of rotatable bonds is 10. The maximum atomic E-state index is 12.4. The largest absolute Gasteiger partial charge is 0.481 e. The molecule has 124 valence electrons. The maximum Gasteiger partial charge on any atom is 0.317 e. The zero-order chi connectivity index (χ0) is 16.4. The SMILES string of the molecule is CCC(CNC(=O)N(CC(C)C)C(CC)CC)CC(=O)O. The number of hydrogen-bond donors (Lipinski definition) is 2. The van der Waals surface area contributed by atoms with E-state index in [2.05, 4.69) is 33.0 Å². The van der Waals surface area contributed by atoms with Gasteiger partial charge in [0.2, 0.25) is 0 Å². The van der Waals surface area contributed by atoms with Gasteiger partial charge in [0, 0.05) is 25.6 Å². The van der Waals surface area contributed by atoms with Crippen molar-refractivity contribution < 1.29 is 14.7 Å². The summed E-state index contributed by atoms with van der Waals surface area (Å²) in [5.74, 6) is -0.401. The predicted octanol–water partition coefficient (Wildman–Crippen LogP) is 3.34. The van der Waals surface area contributed by atoms with Gasteiger partial charge in [-0.25, -0.2) is 4.79 Å². The molecule has 0 saturated carbocycles. The minimum absolute atomic E-state index is 0.00551. The predicted molar refractivity (Wildman–Crippen MR) is 85.3 cm³/mol. The zero-order valence-corrected chi connectivity index (χ0v) is 14.2. The van der Waals surface area contributed by atoms with Crippen molar-refractivity contribution in [3.8, 4) is 0 Å². The van der Waals surface area contributed by atoms with E-state index in [0.29, 0.717) is 12.5 Å². The number of hydrogen-bond acceptors (Lipinski definition) is 2. The number of aliphatic carboxylic acids is 1. The highest BCUT2D eigenvalue weighted by molar-refractivity contribution is 5.74. The van der Waals surface area contributed by atoms with E-state index in [4.69, 9.17) is 5.11 Å². The molecule has 0 heterocycles. The van der Waals surface area contributed by atoms with Crippen LogP contribution in [0.1, 0.15) is 60.3 Å². The van der Waals surface area contributed by atoms with E-state index in [9.17, 15) is 9.59 Å². The van der Waals surface area contributed by atoms with E-state index in [1.165, 1.54) is 0 Å². The Morgan fingerprint density at radius 3 is 2.05 bits per heavy atom. The summed E-state index contributed by atoms with van der Waals surface area (Å²) in [5, 5.41) is 11.8. The average molecular weight is 300 g/mol. The van der Waals surface area contributed by atoms with E-state index < -0.39 is 5.97 Å². The summed E-state index contributed by atoms with van der Waals surface area (Å²) >= 11 is 0. The molecule has 0 radical (unpaired) electrons. The Balaban J connectivity index is 4.61. The van der Waals surface area contributed by atoms with Gasteiger partial charge < -0.3 is 15.3 Å². The Morgan fingerprint density at radius 2 is 1.67 bits per heavy atom. The van der Waals surface area contributed by atoms with Crippen LogP contribution in [0.4, 0.5) is 4.79 Å². The molecule has 0 aliphatic carbocycles. The van der Waals surface area contributed by atoms with Crippen LogP contribution in [-0.4, -0.2) is 41.1 Å². The standard InChI is InChI=1S/C16H32N2O3/c1-6-13(9-15(19)20)10-17-16(21)18(11-12(4)5)14(7-2)8-3/h12-14H,6-11H2,1-5H3,(H,17,21)(H,19,20). The van der Waals surface area contributed by atoms with Crippen molar-refractivity contribution in [3.63, 3.8) is 0 Å². The summed E-state index contributed by atoms with van der Waals surface area (Å²) < 4.78 is 0. The van der Waals surface area contributed by atoms with Crippen molar-refractivity contribution in [3.05, 3.63) is 0 Å². The van der Waals surface area contributed by atoms with Crippen LogP contribution in [0.2, 0.25) is 0 Å². The van der Waals surface area contributed by atoms with Crippen LogP contribution in [0, 0.1) is 11.8 Å². The summed E-state index contributed by atoms with van der Waals surface area (Å²) in [5.41, 5.74) is 0. The number of carbonyl (C=O) groups excluding carboxylic acids is 1. The monoisotopic (exact) mass is 300 g/mol. The molecule has 0 aromatic heterocycles. The van der Waals surface area contributed by atoms with E-state index >= 15 is 0 Å². The maximum absolute atomic E-state index is 12.4. The minimum Gasteiger partial charge on any atom is -0.481 e. The number of amides is 2. The van der Waals surface area contributed by atoms with Crippen LogP contribution in [0.5, 0.6) is 0 Å². The van der Waals surface area contributed by atoms with Gasteiger partial charge in [0.25, 0.3) is 0 Å². The highest BCUT2D eigenvalue weighted by Crippen LogP contribution is 2.13. The summed E-state index contributed by atoms with van der Waals surface area (Å²) in [7, 11) is 0. The topological polar surface area (TPSA) is 69.6 Å². The number of nitrogens with one attached hydrogen (secondary N) is 1. The van der Waals surface area contributed by atoms with Gasteiger partial charge in [-0.3, -0.25) is 4.79 Å². The number of carboxylic acids is 1. The molecule has 5 nitrogen and oxygen atoms in total. The van der Waals surface area contributed by atoms with Crippen LogP contribution >= 0.6 is 0 Å². The first kappa shape index (κ1) is 19.7. The molecule has 0 aromatic rings. The Hall–Kier alpha value is -1.26. The Kier molecular flexibility index (Phi) is 9.84. The summed E-state index contributed by atoms with van der Waals surface area (Å²) in [6, 6.07) is 0.174. The fraction of sp³-hybridized carbons (Fsp3) is 0.875. The fourth-order valence-electron chi connectivity index (χ4n) is 2.46. The number of carboxylic acid groups (broad SMARTS) is 1. The van der Waals surface area contributed by atoms with Gasteiger partial charge in [-0.2, -0.15) is 0 Å². The third-order valence-corrected chi connectivity index (χ3v) is 3.79. The molecule has 1 atom stereocenters. The lowest BCUT2D eigenvalue weighted by Crippen LogP contribution is -2.48. The highest BCUT2D eigenvalue weighted by Gasteiger charge is 2.22. The van der Waals surface area contributed by atoms with E-state index in [1.807, 2.05) is 11.8 Å². The second-order valence-corrected chi connectivity index (χ2v) is 6.07. The summed E-state index contributed by atoms with van der Waals surface area (Å²) in [4.78, 5) is 25.1. The lowest BCUT2D eigenvalue weighted by atomic mass is 10.0. The number of carbonyl (C=O) groups is 2. The van der Waals surface area contributed by atoms with Crippen LogP contribution in [0.15, 0.2) is 0 Å². The molecule has 0 spiro atoms. The highest BCUT2D eigenvalue weighted by atomic mass is 16.4. The third-order valence-electron chi connectivity index (χ3n) is 3.79. The summed E-state index contributed by atoms with van der Waals surface area (Å²) in [6.45, 7) is 11.5. The zero-order valence-electron chi connectivity index (χ0n) is 14.2. The third kappa shape index (κ3) is 7.93. The molecule has 0 aromatic carbocycles. The van der Waals surface area contributed by atoms with Gasteiger partial charge in [-0.15, -0.1) is 0 Å². The number of urea groups is 1. The van der Waals surface area contributed by atoms with Crippen molar-refractivity contribution in [1.82, 2.24) is 10.2 Å². The first-order valence-electron chi connectivity index (χ1n) is 8.11. The molecule has 2 N–H and O–H groups in total. The van der Waals surface area contributed by atoms with Crippen molar-refractivity contribution in [1.29, 1.82) is 0 Å². The molecular weight excluding hydrogens is 268 g/mol.